The highest BCUT2D eigenvalue weighted by atomic mass is 15.2. The van der Waals surface area contributed by atoms with Crippen LogP contribution in [0.15, 0.2) is 18.2 Å². The van der Waals surface area contributed by atoms with Crippen LogP contribution in [0.25, 0.3) is 0 Å². The van der Waals surface area contributed by atoms with E-state index in [9.17, 15) is 0 Å². The first-order valence-electron chi connectivity index (χ1n) is 5.88. The van der Waals surface area contributed by atoms with E-state index in [1.165, 1.54) is 29.5 Å². The van der Waals surface area contributed by atoms with Crippen LogP contribution in [0.5, 0.6) is 0 Å². The molecule has 0 atom stereocenters. The van der Waals surface area contributed by atoms with E-state index in [2.05, 4.69) is 43.0 Å². The third-order valence-electron chi connectivity index (χ3n) is 3.29. The predicted molar refractivity (Wildman–Crippen MR) is 65.0 cm³/mol. The topological polar surface area (TPSA) is 27.0 Å². The second-order valence-electron chi connectivity index (χ2n) is 4.71. The van der Waals surface area contributed by atoms with Crippen molar-refractivity contribution in [2.24, 2.45) is 0 Å². The van der Waals surface area contributed by atoms with Gasteiger partial charge in [-0.3, -0.25) is 4.90 Å². The lowest BCUT2D eigenvalue weighted by molar-refractivity contribution is 0.287. The van der Waals surface area contributed by atoms with Gasteiger partial charge in [0.2, 0.25) is 0 Å². The van der Waals surface area contributed by atoms with E-state index in [1.54, 1.807) is 0 Å². The molecule has 0 saturated heterocycles. The fourth-order valence-corrected chi connectivity index (χ4v) is 1.98. The number of hydrogen-bond donors (Lipinski definition) is 0. The Labute approximate surface area is 97.5 Å². The van der Waals surface area contributed by atoms with Gasteiger partial charge in [-0.15, -0.1) is 0 Å². The Kier molecular flexibility index (Phi) is 3.26. The minimum absolute atomic E-state index is 0.553. The van der Waals surface area contributed by atoms with E-state index in [0.29, 0.717) is 12.6 Å². The van der Waals surface area contributed by atoms with E-state index in [4.69, 9.17) is 5.26 Å². The van der Waals surface area contributed by atoms with Crippen LogP contribution in [-0.4, -0.2) is 17.5 Å². The zero-order valence-electron chi connectivity index (χ0n) is 10.0. The van der Waals surface area contributed by atoms with E-state index in [-0.39, 0.29) is 0 Å². The number of hydrogen-bond acceptors (Lipinski definition) is 2. The van der Waals surface area contributed by atoms with Gasteiger partial charge in [0.05, 0.1) is 12.6 Å². The predicted octanol–water partition coefficient (Wildman–Crippen LogP) is 2.79. The zero-order valence-corrected chi connectivity index (χ0v) is 10.0. The minimum Gasteiger partial charge on any atom is -0.283 e. The highest BCUT2D eigenvalue weighted by Gasteiger charge is 2.28. The molecule has 2 heteroatoms. The maximum absolute atomic E-state index is 8.80. The summed E-state index contributed by atoms with van der Waals surface area (Å²) in [6.07, 6.45) is 2.51. The van der Waals surface area contributed by atoms with Crippen molar-refractivity contribution in [1.29, 1.82) is 5.26 Å². The Hall–Kier alpha value is -1.33. The van der Waals surface area contributed by atoms with Crippen LogP contribution in [0.2, 0.25) is 0 Å². The van der Waals surface area contributed by atoms with Crippen molar-refractivity contribution < 1.29 is 0 Å². The standard InChI is InChI=1S/C14H18N2/c1-11-3-4-13(9-12(11)2)10-16(8-7-15)14-5-6-14/h3-4,9,14H,5-6,8,10H2,1-2H3. The summed E-state index contributed by atoms with van der Waals surface area (Å²) in [6, 6.07) is 9.50. The van der Waals surface area contributed by atoms with Gasteiger partial charge in [0.25, 0.3) is 0 Å². The fraction of sp³-hybridized carbons (Fsp3) is 0.500. The molecule has 0 bridgehead atoms. The number of rotatable bonds is 4. The van der Waals surface area contributed by atoms with Crippen molar-refractivity contribution in [3.63, 3.8) is 0 Å². The normalized spacial score (nSPS) is 15.1. The zero-order chi connectivity index (χ0) is 11.5. The molecule has 16 heavy (non-hydrogen) atoms. The van der Waals surface area contributed by atoms with Crippen LogP contribution in [-0.2, 0) is 6.54 Å². The Morgan fingerprint density at radius 2 is 2.06 bits per heavy atom. The lowest BCUT2D eigenvalue weighted by atomic mass is 10.1. The molecule has 0 radical (unpaired) electrons. The molecule has 1 aliphatic carbocycles. The maximum Gasteiger partial charge on any atom is 0.0871 e. The molecule has 1 saturated carbocycles. The van der Waals surface area contributed by atoms with Crippen molar-refractivity contribution in [3.05, 3.63) is 34.9 Å². The maximum atomic E-state index is 8.80. The molecular formula is C14H18N2. The molecule has 1 aromatic carbocycles. The average molecular weight is 214 g/mol. The molecule has 0 unspecified atom stereocenters. The van der Waals surface area contributed by atoms with Gasteiger partial charge in [-0.25, -0.2) is 0 Å². The van der Waals surface area contributed by atoms with Crippen molar-refractivity contribution in [2.45, 2.75) is 39.3 Å². The van der Waals surface area contributed by atoms with Crippen molar-refractivity contribution in [2.75, 3.05) is 6.54 Å². The summed E-state index contributed by atoms with van der Waals surface area (Å²) in [5, 5.41) is 8.80. The van der Waals surface area contributed by atoms with Gasteiger partial charge in [0.15, 0.2) is 0 Å². The van der Waals surface area contributed by atoms with Gasteiger partial charge in [-0.2, -0.15) is 5.26 Å². The van der Waals surface area contributed by atoms with Gasteiger partial charge in [0, 0.05) is 12.6 Å². The molecule has 2 nitrogen and oxygen atoms in total. The number of benzene rings is 1. The summed E-state index contributed by atoms with van der Waals surface area (Å²) in [7, 11) is 0. The summed E-state index contributed by atoms with van der Waals surface area (Å²) in [6.45, 7) is 5.74. The van der Waals surface area contributed by atoms with E-state index in [0.717, 1.165) is 6.54 Å². The van der Waals surface area contributed by atoms with Gasteiger partial charge < -0.3 is 0 Å². The van der Waals surface area contributed by atoms with Crippen LogP contribution in [0.1, 0.15) is 29.5 Å². The molecule has 1 fully saturated rings. The third kappa shape index (κ3) is 2.62. The quantitative estimate of drug-likeness (QED) is 0.721. The number of nitriles is 1. The highest BCUT2D eigenvalue weighted by Crippen LogP contribution is 2.28. The van der Waals surface area contributed by atoms with Crippen molar-refractivity contribution >= 4 is 0 Å². The molecule has 0 amide bonds. The molecule has 1 aliphatic rings. The summed E-state index contributed by atoms with van der Waals surface area (Å²) >= 11 is 0. The largest absolute Gasteiger partial charge is 0.283 e. The molecule has 0 heterocycles. The molecule has 2 rings (SSSR count). The SMILES string of the molecule is Cc1ccc(CN(CC#N)C2CC2)cc1C. The molecule has 84 valence electrons. The highest BCUT2D eigenvalue weighted by molar-refractivity contribution is 5.30. The van der Waals surface area contributed by atoms with Gasteiger partial charge in [-0.05, 0) is 43.4 Å². The third-order valence-corrected chi connectivity index (χ3v) is 3.29. The van der Waals surface area contributed by atoms with Crippen molar-refractivity contribution in [1.82, 2.24) is 4.90 Å². The second-order valence-corrected chi connectivity index (χ2v) is 4.71. The molecule has 0 spiro atoms. The first-order valence-corrected chi connectivity index (χ1v) is 5.88. The Morgan fingerprint density at radius 1 is 1.31 bits per heavy atom. The van der Waals surface area contributed by atoms with Gasteiger partial charge >= 0.3 is 0 Å². The lowest BCUT2D eigenvalue weighted by Crippen LogP contribution is -2.25. The van der Waals surface area contributed by atoms with Crippen LogP contribution in [0.4, 0.5) is 0 Å². The average Bonchev–Trinajstić information content (AvgIpc) is 3.06. The minimum atomic E-state index is 0.553. The lowest BCUT2D eigenvalue weighted by Gasteiger charge is -2.18. The molecular weight excluding hydrogens is 196 g/mol. The Balaban J connectivity index is 2.06. The van der Waals surface area contributed by atoms with E-state index < -0.39 is 0 Å². The van der Waals surface area contributed by atoms with Gasteiger partial charge in [-0.1, -0.05) is 18.2 Å². The fourth-order valence-electron chi connectivity index (χ4n) is 1.98. The van der Waals surface area contributed by atoms with Crippen LogP contribution in [0, 0.1) is 25.2 Å². The van der Waals surface area contributed by atoms with E-state index in [1.807, 2.05) is 0 Å². The molecule has 0 aliphatic heterocycles. The molecule has 0 aromatic heterocycles. The first kappa shape index (κ1) is 11.2. The van der Waals surface area contributed by atoms with Crippen LogP contribution in [0.3, 0.4) is 0 Å². The van der Waals surface area contributed by atoms with E-state index >= 15 is 0 Å². The number of aryl methyl sites for hydroxylation is 2. The van der Waals surface area contributed by atoms with Crippen LogP contribution >= 0.6 is 0 Å². The molecule has 1 aromatic rings. The summed E-state index contributed by atoms with van der Waals surface area (Å²) in [4.78, 5) is 2.28. The van der Waals surface area contributed by atoms with Gasteiger partial charge in [0.1, 0.15) is 0 Å². The smallest absolute Gasteiger partial charge is 0.0871 e. The Bertz CT molecular complexity index is 413. The second kappa shape index (κ2) is 4.67. The first-order chi connectivity index (χ1) is 7.70. The Morgan fingerprint density at radius 3 is 2.62 bits per heavy atom. The van der Waals surface area contributed by atoms with Crippen molar-refractivity contribution in [3.8, 4) is 6.07 Å². The monoisotopic (exact) mass is 214 g/mol. The summed E-state index contributed by atoms with van der Waals surface area (Å²) < 4.78 is 0. The molecule has 0 N–H and O–H groups in total. The summed E-state index contributed by atoms with van der Waals surface area (Å²) in [5.41, 5.74) is 4.00. The van der Waals surface area contributed by atoms with Crippen LogP contribution < -0.4 is 0 Å². The number of nitrogens with zero attached hydrogens (tertiary/aromatic N) is 2. The summed E-state index contributed by atoms with van der Waals surface area (Å²) in [5.74, 6) is 0.